The molecule has 0 spiro atoms. The lowest BCUT2D eigenvalue weighted by molar-refractivity contribution is -0.161. The van der Waals surface area contributed by atoms with E-state index in [9.17, 15) is 9.59 Å². The maximum Gasteiger partial charge on any atom is 0.317 e. The third kappa shape index (κ3) is 6.05. The average Bonchev–Trinajstić information content (AvgIpc) is 1.95. The van der Waals surface area contributed by atoms with Crippen molar-refractivity contribution in [2.45, 2.75) is 46.6 Å². The SMILES string of the molecule is C=C(C)CC(C(C)=O)C(=O)OC(C)(C)C. The van der Waals surface area contributed by atoms with Gasteiger partial charge in [-0.2, -0.15) is 0 Å². The summed E-state index contributed by atoms with van der Waals surface area (Å²) in [5, 5.41) is 0. The van der Waals surface area contributed by atoms with E-state index < -0.39 is 17.5 Å². The molecule has 0 bridgehead atoms. The van der Waals surface area contributed by atoms with Crippen molar-refractivity contribution in [2.75, 3.05) is 0 Å². The molecule has 1 atom stereocenters. The predicted octanol–water partition coefficient (Wildman–Crippen LogP) is 2.50. The van der Waals surface area contributed by atoms with Crippen molar-refractivity contribution < 1.29 is 14.3 Å². The zero-order valence-electron chi connectivity index (χ0n) is 10.2. The molecule has 1 unspecified atom stereocenters. The van der Waals surface area contributed by atoms with Crippen molar-refractivity contribution in [1.82, 2.24) is 0 Å². The van der Waals surface area contributed by atoms with E-state index in [4.69, 9.17) is 4.74 Å². The van der Waals surface area contributed by atoms with Crippen LogP contribution < -0.4 is 0 Å². The number of Topliss-reactive ketones (excluding diaryl/α,β-unsaturated/α-hetero) is 1. The smallest absolute Gasteiger partial charge is 0.317 e. The van der Waals surface area contributed by atoms with E-state index in [1.54, 1.807) is 27.7 Å². The Kier molecular flexibility index (Phi) is 4.72. The molecule has 0 aliphatic heterocycles. The number of allylic oxidation sites excluding steroid dienone is 1. The maximum absolute atomic E-state index is 11.7. The Morgan fingerprint density at radius 2 is 1.73 bits per heavy atom. The van der Waals surface area contributed by atoms with Crippen molar-refractivity contribution in [3.63, 3.8) is 0 Å². The Balaban J connectivity index is 4.57. The Morgan fingerprint density at radius 3 is 2.00 bits per heavy atom. The molecule has 3 heteroatoms. The van der Waals surface area contributed by atoms with E-state index in [2.05, 4.69) is 6.58 Å². The summed E-state index contributed by atoms with van der Waals surface area (Å²) in [7, 11) is 0. The Morgan fingerprint density at radius 1 is 1.27 bits per heavy atom. The highest BCUT2D eigenvalue weighted by Gasteiger charge is 2.28. The van der Waals surface area contributed by atoms with E-state index >= 15 is 0 Å². The second kappa shape index (κ2) is 5.10. The lowest BCUT2D eigenvalue weighted by atomic mass is 9.97. The first-order valence-electron chi connectivity index (χ1n) is 5.01. The van der Waals surface area contributed by atoms with Gasteiger partial charge < -0.3 is 4.74 Å². The van der Waals surface area contributed by atoms with Gasteiger partial charge in [-0.25, -0.2) is 0 Å². The number of hydrogen-bond acceptors (Lipinski definition) is 3. The number of ketones is 1. The summed E-state index contributed by atoms with van der Waals surface area (Å²) in [6.07, 6.45) is 0.365. The number of esters is 1. The molecule has 3 nitrogen and oxygen atoms in total. The molecular formula is C12H20O3. The summed E-state index contributed by atoms with van der Waals surface area (Å²) in [6, 6.07) is 0. The third-order valence-corrected chi connectivity index (χ3v) is 1.73. The fraction of sp³-hybridized carbons (Fsp3) is 0.667. The molecule has 0 amide bonds. The van der Waals surface area contributed by atoms with E-state index in [1.165, 1.54) is 6.92 Å². The monoisotopic (exact) mass is 212 g/mol. The Hall–Kier alpha value is -1.12. The minimum absolute atomic E-state index is 0.174. The topological polar surface area (TPSA) is 43.4 Å². The molecule has 0 N–H and O–H groups in total. The van der Waals surface area contributed by atoms with Crippen molar-refractivity contribution in [3.05, 3.63) is 12.2 Å². The van der Waals surface area contributed by atoms with Gasteiger partial charge in [0.15, 0.2) is 0 Å². The molecule has 0 aliphatic rings. The van der Waals surface area contributed by atoms with E-state index in [1.807, 2.05) is 0 Å². The molecule has 86 valence electrons. The van der Waals surface area contributed by atoms with Gasteiger partial charge in [0, 0.05) is 0 Å². The summed E-state index contributed by atoms with van der Waals surface area (Å²) in [5.74, 6) is -1.34. The molecule has 0 aromatic heterocycles. The molecule has 15 heavy (non-hydrogen) atoms. The number of rotatable bonds is 4. The third-order valence-electron chi connectivity index (χ3n) is 1.73. The molecule has 0 radical (unpaired) electrons. The maximum atomic E-state index is 11.7. The van der Waals surface area contributed by atoms with E-state index in [0.717, 1.165) is 5.57 Å². The van der Waals surface area contributed by atoms with Crippen molar-refractivity contribution >= 4 is 11.8 Å². The van der Waals surface area contributed by atoms with Crippen LogP contribution in [0.3, 0.4) is 0 Å². The van der Waals surface area contributed by atoms with Crippen LogP contribution in [0.25, 0.3) is 0 Å². The van der Waals surface area contributed by atoms with Gasteiger partial charge in [0.05, 0.1) is 0 Å². The summed E-state index contributed by atoms with van der Waals surface area (Å²) in [6.45, 7) is 12.2. The number of carbonyl (C=O) groups excluding carboxylic acids is 2. The highest BCUT2D eigenvalue weighted by Crippen LogP contribution is 2.17. The van der Waals surface area contributed by atoms with Gasteiger partial charge in [-0.15, -0.1) is 6.58 Å². The highest BCUT2D eigenvalue weighted by molar-refractivity contribution is 5.98. The second-order valence-electron chi connectivity index (χ2n) is 4.86. The van der Waals surface area contributed by atoms with Crippen LogP contribution in [0.4, 0.5) is 0 Å². The molecule has 0 aromatic carbocycles. The fourth-order valence-corrected chi connectivity index (χ4v) is 1.11. The van der Waals surface area contributed by atoms with Crippen LogP contribution >= 0.6 is 0 Å². The summed E-state index contributed by atoms with van der Waals surface area (Å²) >= 11 is 0. The van der Waals surface area contributed by atoms with Gasteiger partial charge in [-0.3, -0.25) is 9.59 Å². The molecule has 0 heterocycles. The van der Waals surface area contributed by atoms with E-state index in [-0.39, 0.29) is 5.78 Å². The summed E-state index contributed by atoms with van der Waals surface area (Å²) in [4.78, 5) is 22.9. The normalized spacial score (nSPS) is 13.1. The molecule has 0 aromatic rings. The van der Waals surface area contributed by atoms with Crippen LogP contribution in [0.5, 0.6) is 0 Å². The molecule has 0 rings (SSSR count). The first-order valence-corrected chi connectivity index (χ1v) is 5.01. The van der Waals surface area contributed by atoms with Crippen LogP contribution in [0.1, 0.15) is 41.0 Å². The van der Waals surface area contributed by atoms with Gasteiger partial charge >= 0.3 is 5.97 Å². The predicted molar refractivity (Wildman–Crippen MR) is 59.4 cm³/mol. The fourth-order valence-electron chi connectivity index (χ4n) is 1.11. The Labute approximate surface area is 91.5 Å². The minimum atomic E-state index is -0.707. The van der Waals surface area contributed by atoms with Crippen LogP contribution in [-0.4, -0.2) is 17.4 Å². The lowest BCUT2D eigenvalue weighted by Crippen LogP contribution is -2.32. The van der Waals surface area contributed by atoms with Crippen LogP contribution in [0.2, 0.25) is 0 Å². The molecule has 0 saturated heterocycles. The standard InChI is InChI=1S/C12H20O3/c1-8(2)7-10(9(3)13)11(14)15-12(4,5)6/h10H,1,7H2,2-6H3. The van der Waals surface area contributed by atoms with Crippen LogP contribution in [0, 0.1) is 5.92 Å². The lowest BCUT2D eigenvalue weighted by Gasteiger charge is -2.22. The van der Waals surface area contributed by atoms with Gasteiger partial charge in [0.1, 0.15) is 17.3 Å². The Bertz CT molecular complexity index is 271. The first-order chi connectivity index (χ1) is 6.63. The van der Waals surface area contributed by atoms with Gasteiger partial charge in [0.25, 0.3) is 0 Å². The van der Waals surface area contributed by atoms with E-state index in [0.29, 0.717) is 6.42 Å². The summed E-state index contributed by atoms with van der Waals surface area (Å²) in [5.41, 5.74) is 0.251. The summed E-state index contributed by atoms with van der Waals surface area (Å²) < 4.78 is 5.16. The quantitative estimate of drug-likeness (QED) is 0.408. The van der Waals surface area contributed by atoms with Crippen LogP contribution in [0.15, 0.2) is 12.2 Å². The van der Waals surface area contributed by atoms with Gasteiger partial charge in [-0.1, -0.05) is 5.57 Å². The van der Waals surface area contributed by atoms with Gasteiger partial charge in [-0.05, 0) is 41.0 Å². The molecule has 0 saturated carbocycles. The van der Waals surface area contributed by atoms with Crippen molar-refractivity contribution in [3.8, 4) is 0 Å². The molecular weight excluding hydrogens is 192 g/mol. The average molecular weight is 212 g/mol. The zero-order valence-corrected chi connectivity index (χ0v) is 10.2. The van der Waals surface area contributed by atoms with Crippen LogP contribution in [-0.2, 0) is 14.3 Å². The molecule has 0 aliphatic carbocycles. The van der Waals surface area contributed by atoms with Crippen molar-refractivity contribution in [1.29, 1.82) is 0 Å². The highest BCUT2D eigenvalue weighted by atomic mass is 16.6. The number of hydrogen-bond donors (Lipinski definition) is 0. The minimum Gasteiger partial charge on any atom is -0.459 e. The largest absolute Gasteiger partial charge is 0.459 e. The second-order valence-corrected chi connectivity index (χ2v) is 4.86. The number of carbonyl (C=O) groups is 2. The first kappa shape index (κ1) is 13.9. The van der Waals surface area contributed by atoms with Gasteiger partial charge in [0.2, 0.25) is 0 Å². The number of ether oxygens (including phenoxy) is 1. The van der Waals surface area contributed by atoms with Crippen molar-refractivity contribution in [2.24, 2.45) is 5.92 Å². The zero-order chi connectivity index (χ0) is 12.2. The molecule has 0 fully saturated rings.